The third-order valence-electron chi connectivity index (χ3n) is 3.12. The normalized spacial score (nSPS) is 10.3. The highest BCUT2D eigenvalue weighted by Crippen LogP contribution is 2.20. The van der Waals surface area contributed by atoms with Crippen molar-refractivity contribution in [3.05, 3.63) is 58.8 Å². The van der Waals surface area contributed by atoms with Gasteiger partial charge in [-0.2, -0.15) is 0 Å². The lowest BCUT2D eigenvalue weighted by atomic mass is 10.2. The van der Waals surface area contributed by atoms with Crippen molar-refractivity contribution in [2.75, 3.05) is 7.11 Å². The molecule has 0 aliphatic rings. The fraction of sp³-hybridized carbons (Fsp3) is 0.0625. The first-order valence-electron chi connectivity index (χ1n) is 6.68. The van der Waals surface area contributed by atoms with Crippen molar-refractivity contribution in [2.24, 2.45) is 0 Å². The second kappa shape index (κ2) is 6.62. The van der Waals surface area contributed by atoms with E-state index in [1.807, 2.05) is 24.3 Å². The van der Waals surface area contributed by atoms with Crippen LogP contribution in [0.4, 0.5) is 0 Å². The van der Waals surface area contributed by atoms with Gasteiger partial charge in [0.05, 0.1) is 18.9 Å². The molecule has 0 fully saturated rings. The van der Waals surface area contributed by atoms with E-state index >= 15 is 0 Å². The molecule has 0 bridgehead atoms. The highest BCUT2D eigenvalue weighted by atomic mass is 79.9. The third kappa shape index (κ3) is 3.40. The van der Waals surface area contributed by atoms with Crippen molar-refractivity contribution >= 4 is 21.9 Å². The maximum Gasteiger partial charge on any atom is 0.339 e. The summed E-state index contributed by atoms with van der Waals surface area (Å²) >= 11 is 3.39. The van der Waals surface area contributed by atoms with Crippen LogP contribution in [0.1, 0.15) is 10.4 Å². The van der Waals surface area contributed by atoms with E-state index < -0.39 is 5.97 Å². The number of carbonyl (C=O) groups excluding carboxylic acids is 1. The fourth-order valence-electron chi connectivity index (χ4n) is 1.91. The molecule has 0 radical (unpaired) electrons. The molecule has 7 heteroatoms. The van der Waals surface area contributed by atoms with Crippen LogP contribution in [0.3, 0.4) is 0 Å². The van der Waals surface area contributed by atoms with Crippen LogP contribution in [0, 0.1) is 0 Å². The molecule has 3 rings (SSSR count). The lowest BCUT2D eigenvalue weighted by Crippen LogP contribution is -2.02. The smallest absolute Gasteiger partial charge is 0.339 e. The quantitative estimate of drug-likeness (QED) is 0.659. The summed E-state index contributed by atoms with van der Waals surface area (Å²) in [7, 11) is 1.32. The van der Waals surface area contributed by atoms with E-state index in [0.717, 1.165) is 10.0 Å². The van der Waals surface area contributed by atoms with E-state index in [0.29, 0.717) is 22.8 Å². The lowest BCUT2D eigenvalue weighted by Gasteiger charge is -2.03. The highest BCUT2D eigenvalue weighted by molar-refractivity contribution is 9.10. The Labute approximate surface area is 140 Å². The summed E-state index contributed by atoms with van der Waals surface area (Å²) in [4.78, 5) is 19.8. The number of rotatable bonds is 3. The average Bonchev–Trinajstić information content (AvgIpc) is 2.62. The number of pyridine rings is 1. The van der Waals surface area contributed by atoms with Crippen LogP contribution >= 0.6 is 15.9 Å². The van der Waals surface area contributed by atoms with Crippen molar-refractivity contribution in [3.63, 3.8) is 0 Å². The number of halogens is 1. The average molecular weight is 371 g/mol. The first-order valence-corrected chi connectivity index (χ1v) is 7.47. The minimum atomic E-state index is -0.436. The molecule has 0 saturated heterocycles. The Morgan fingerprint density at radius 2 is 1.74 bits per heavy atom. The van der Waals surface area contributed by atoms with E-state index in [-0.39, 0.29) is 0 Å². The third-order valence-corrected chi connectivity index (χ3v) is 3.64. The van der Waals surface area contributed by atoms with Crippen molar-refractivity contribution in [3.8, 4) is 22.8 Å². The monoisotopic (exact) mass is 370 g/mol. The molecule has 6 nitrogen and oxygen atoms in total. The van der Waals surface area contributed by atoms with E-state index in [9.17, 15) is 4.79 Å². The summed E-state index contributed by atoms with van der Waals surface area (Å²) in [6, 6.07) is 11.0. The molecule has 0 atom stereocenters. The minimum Gasteiger partial charge on any atom is -0.465 e. The van der Waals surface area contributed by atoms with Crippen molar-refractivity contribution in [1.82, 2.24) is 20.2 Å². The van der Waals surface area contributed by atoms with Crippen molar-refractivity contribution in [2.45, 2.75) is 0 Å². The van der Waals surface area contributed by atoms with Gasteiger partial charge in [0.1, 0.15) is 11.4 Å². The molecule has 1 aromatic carbocycles. The SMILES string of the molecule is COC(=O)c1ccc(-c2ncc(-c3ccc(Br)cc3)nn2)nc1. The summed E-state index contributed by atoms with van der Waals surface area (Å²) < 4.78 is 5.62. The molecule has 2 aromatic heterocycles. The maximum atomic E-state index is 11.4. The number of esters is 1. The van der Waals surface area contributed by atoms with Crippen molar-refractivity contribution in [1.29, 1.82) is 0 Å². The van der Waals surface area contributed by atoms with Crippen LogP contribution in [-0.2, 0) is 4.74 Å². The van der Waals surface area contributed by atoms with Crippen LogP contribution in [0.15, 0.2) is 53.3 Å². The lowest BCUT2D eigenvalue weighted by molar-refractivity contribution is 0.0600. The standard InChI is InChI=1S/C16H11BrN4O2/c1-23-16(22)11-4-7-13(18-8-11)15-19-9-14(20-21-15)10-2-5-12(17)6-3-10/h2-9H,1H3. The molecule has 114 valence electrons. The van der Waals surface area contributed by atoms with Crippen LogP contribution in [0.2, 0.25) is 0 Å². The summed E-state index contributed by atoms with van der Waals surface area (Å²) in [5.74, 6) is -0.0454. The number of benzene rings is 1. The van der Waals surface area contributed by atoms with Crippen LogP contribution in [0.5, 0.6) is 0 Å². The number of carbonyl (C=O) groups is 1. The maximum absolute atomic E-state index is 11.4. The van der Waals surface area contributed by atoms with Gasteiger partial charge in [-0.15, -0.1) is 10.2 Å². The van der Waals surface area contributed by atoms with Gasteiger partial charge in [-0.1, -0.05) is 28.1 Å². The van der Waals surface area contributed by atoms with Crippen LogP contribution in [0.25, 0.3) is 22.8 Å². The van der Waals surface area contributed by atoms with Gasteiger partial charge < -0.3 is 4.74 Å². The zero-order chi connectivity index (χ0) is 16.2. The number of hydrogen-bond donors (Lipinski definition) is 0. The molecule has 0 saturated carbocycles. The summed E-state index contributed by atoms with van der Waals surface area (Å²) in [6.07, 6.45) is 3.06. The van der Waals surface area contributed by atoms with Gasteiger partial charge in [0.15, 0.2) is 5.82 Å². The van der Waals surface area contributed by atoms with Gasteiger partial charge in [0, 0.05) is 16.2 Å². The number of hydrogen-bond acceptors (Lipinski definition) is 6. The van der Waals surface area contributed by atoms with Gasteiger partial charge >= 0.3 is 5.97 Å². The highest BCUT2D eigenvalue weighted by Gasteiger charge is 2.09. The molecule has 0 spiro atoms. The first-order chi connectivity index (χ1) is 11.2. The van der Waals surface area contributed by atoms with Gasteiger partial charge in [-0.25, -0.2) is 9.78 Å². The Kier molecular flexibility index (Phi) is 4.38. The van der Waals surface area contributed by atoms with Gasteiger partial charge in [-0.05, 0) is 24.3 Å². The van der Waals surface area contributed by atoms with Gasteiger partial charge in [0.25, 0.3) is 0 Å². The van der Waals surface area contributed by atoms with Crippen LogP contribution in [-0.4, -0.2) is 33.2 Å². The summed E-state index contributed by atoms with van der Waals surface area (Å²) in [5, 5.41) is 8.26. The Bertz CT molecular complexity index is 818. The first kappa shape index (κ1) is 15.2. The second-order valence-corrected chi connectivity index (χ2v) is 5.51. The molecule has 0 unspecified atom stereocenters. The zero-order valence-electron chi connectivity index (χ0n) is 12.1. The van der Waals surface area contributed by atoms with Gasteiger partial charge in [0.2, 0.25) is 0 Å². The largest absolute Gasteiger partial charge is 0.465 e. The van der Waals surface area contributed by atoms with E-state index in [1.54, 1.807) is 18.3 Å². The summed E-state index contributed by atoms with van der Waals surface area (Å²) in [5.41, 5.74) is 2.50. The van der Waals surface area contributed by atoms with E-state index in [1.165, 1.54) is 13.3 Å². The Hall–Kier alpha value is -2.67. The van der Waals surface area contributed by atoms with Gasteiger partial charge in [-0.3, -0.25) is 4.98 Å². The molecular formula is C16H11BrN4O2. The molecule has 0 amide bonds. The number of methoxy groups -OCH3 is 1. The molecule has 2 heterocycles. The Balaban J connectivity index is 1.84. The molecule has 23 heavy (non-hydrogen) atoms. The topological polar surface area (TPSA) is 77.9 Å². The second-order valence-electron chi connectivity index (χ2n) is 4.60. The predicted molar refractivity (Wildman–Crippen MR) is 87.5 cm³/mol. The Morgan fingerprint density at radius 3 is 2.30 bits per heavy atom. The number of nitrogens with zero attached hydrogens (tertiary/aromatic N) is 4. The minimum absolute atomic E-state index is 0.371. The molecule has 0 aliphatic heterocycles. The zero-order valence-corrected chi connectivity index (χ0v) is 13.7. The Morgan fingerprint density at radius 1 is 0.957 bits per heavy atom. The predicted octanol–water partition coefficient (Wildman–Crippen LogP) is 3.15. The van der Waals surface area contributed by atoms with E-state index in [2.05, 4.69) is 40.8 Å². The summed E-state index contributed by atoms with van der Waals surface area (Å²) in [6.45, 7) is 0. The number of aromatic nitrogens is 4. The molecule has 0 aliphatic carbocycles. The van der Waals surface area contributed by atoms with Crippen molar-refractivity contribution < 1.29 is 9.53 Å². The molecule has 3 aromatic rings. The van der Waals surface area contributed by atoms with Crippen LogP contribution < -0.4 is 0 Å². The molecular weight excluding hydrogens is 360 g/mol. The number of ether oxygens (including phenoxy) is 1. The fourth-order valence-corrected chi connectivity index (χ4v) is 2.17. The molecule has 0 N–H and O–H groups in total. The van der Waals surface area contributed by atoms with E-state index in [4.69, 9.17) is 0 Å².